The Morgan fingerprint density at radius 1 is 1.16 bits per heavy atom. The zero-order chi connectivity index (χ0) is 23.3. The zero-order valence-corrected chi connectivity index (χ0v) is 17.7. The Morgan fingerprint density at radius 3 is 2.59 bits per heavy atom. The number of benzene rings is 1. The number of piperidine rings is 1. The highest BCUT2D eigenvalue weighted by molar-refractivity contribution is 5.79. The fourth-order valence-electron chi connectivity index (χ4n) is 5.39. The second-order valence-electron chi connectivity index (χ2n) is 8.47. The number of carbonyl (C=O) groups is 3. The molecule has 1 saturated heterocycles. The number of hydrogen-bond acceptors (Lipinski definition) is 7. The molecule has 0 radical (unpaired) electrons. The van der Waals surface area contributed by atoms with E-state index in [0.29, 0.717) is 11.8 Å². The van der Waals surface area contributed by atoms with E-state index < -0.39 is 30.6 Å². The first-order valence-corrected chi connectivity index (χ1v) is 10.7. The monoisotopic (exact) mass is 451 g/mol. The standard InChI is InChI=1S/C18H23NO4.C4H6O5/c20-17(21)23-11-22-13-5-4-12-9-16-14-3-1-2-6-18(14,7-8-19-16)15(12)10-13;5-2(4(8)9)1-3(6)7/h4-5,10,14,16,19H,1-3,6-9,11H2,(H,20,21);2,5H,1H2,(H,6,7)(H,8,9)/t14-,16+,18+;/m0./s1. The van der Waals surface area contributed by atoms with Gasteiger partial charge in [0.1, 0.15) is 5.75 Å². The first-order valence-electron chi connectivity index (χ1n) is 10.7. The minimum Gasteiger partial charge on any atom is -0.481 e. The van der Waals surface area contributed by atoms with Crippen molar-refractivity contribution >= 4 is 18.1 Å². The van der Waals surface area contributed by atoms with Gasteiger partial charge < -0.3 is 35.2 Å². The van der Waals surface area contributed by atoms with Crippen LogP contribution in [0, 0.1) is 5.92 Å². The van der Waals surface area contributed by atoms with E-state index in [9.17, 15) is 14.4 Å². The van der Waals surface area contributed by atoms with Crippen molar-refractivity contribution < 1.29 is 44.3 Å². The summed E-state index contributed by atoms with van der Waals surface area (Å²) in [4.78, 5) is 29.9. The second kappa shape index (κ2) is 10.2. The van der Waals surface area contributed by atoms with E-state index in [0.717, 1.165) is 18.9 Å². The molecule has 2 aliphatic carbocycles. The molecule has 176 valence electrons. The number of ether oxygens (including phenoxy) is 2. The highest BCUT2D eigenvalue weighted by atomic mass is 16.7. The Bertz CT molecular complexity index is 854. The number of aliphatic hydroxyl groups is 1. The molecule has 1 saturated carbocycles. The fraction of sp³-hybridized carbons (Fsp3) is 0.591. The summed E-state index contributed by atoms with van der Waals surface area (Å²) in [6.45, 7) is 0.836. The van der Waals surface area contributed by atoms with Crippen molar-refractivity contribution in [3.05, 3.63) is 29.3 Å². The van der Waals surface area contributed by atoms with Crippen molar-refractivity contribution in [2.45, 2.75) is 62.5 Å². The SMILES string of the molecule is O=C(O)CC(O)C(=O)O.O=C(O)OCOc1ccc2c(c1)[C@@]13CCCC[C@H]1[C@@H](C2)NCC3. The Labute approximate surface area is 185 Å². The third kappa shape index (κ3) is 5.31. The van der Waals surface area contributed by atoms with E-state index in [4.69, 9.17) is 25.2 Å². The minimum absolute atomic E-state index is 0.255. The lowest BCUT2D eigenvalue weighted by atomic mass is 9.53. The number of fused-ring (bicyclic) bond motifs is 1. The van der Waals surface area contributed by atoms with Gasteiger partial charge in [-0.15, -0.1) is 0 Å². The van der Waals surface area contributed by atoms with Crippen LogP contribution in [0.2, 0.25) is 0 Å². The molecule has 4 atom stereocenters. The topological polar surface area (TPSA) is 163 Å². The number of aliphatic carboxylic acids is 2. The van der Waals surface area contributed by atoms with Crippen molar-refractivity contribution in [1.82, 2.24) is 5.32 Å². The number of rotatable bonds is 6. The van der Waals surface area contributed by atoms with Gasteiger partial charge >= 0.3 is 18.1 Å². The predicted molar refractivity (Wildman–Crippen MR) is 111 cm³/mol. The van der Waals surface area contributed by atoms with E-state index in [1.165, 1.54) is 43.2 Å². The molecule has 10 heteroatoms. The molecule has 1 heterocycles. The number of aliphatic hydroxyl groups excluding tert-OH is 1. The first-order chi connectivity index (χ1) is 15.2. The third-order valence-electron chi connectivity index (χ3n) is 6.68. The number of nitrogens with one attached hydrogen (secondary N) is 1. The summed E-state index contributed by atoms with van der Waals surface area (Å²) in [5, 5.41) is 36.4. The summed E-state index contributed by atoms with van der Waals surface area (Å²) in [6, 6.07) is 6.83. The van der Waals surface area contributed by atoms with Crippen LogP contribution in [-0.4, -0.2) is 64.0 Å². The smallest absolute Gasteiger partial charge is 0.481 e. The molecular weight excluding hydrogens is 422 g/mol. The summed E-state index contributed by atoms with van der Waals surface area (Å²) in [6.07, 6.45) is 3.64. The largest absolute Gasteiger partial charge is 0.508 e. The molecule has 10 nitrogen and oxygen atoms in total. The van der Waals surface area contributed by atoms with E-state index in [1.807, 2.05) is 6.07 Å². The van der Waals surface area contributed by atoms with Gasteiger partial charge in [-0.05, 0) is 61.4 Å². The molecule has 3 aliphatic rings. The Balaban J connectivity index is 0.000000275. The van der Waals surface area contributed by atoms with Gasteiger partial charge in [-0.25, -0.2) is 9.59 Å². The highest BCUT2D eigenvalue weighted by Crippen LogP contribution is 2.54. The molecule has 5 N–H and O–H groups in total. The summed E-state index contributed by atoms with van der Waals surface area (Å²) in [7, 11) is 0. The number of carboxylic acid groups (broad SMARTS) is 3. The van der Waals surface area contributed by atoms with Crippen molar-refractivity contribution in [2.75, 3.05) is 13.3 Å². The lowest BCUT2D eigenvalue weighted by Gasteiger charge is -2.56. The predicted octanol–water partition coefficient (Wildman–Crippen LogP) is 1.97. The summed E-state index contributed by atoms with van der Waals surface area (Å²) < 4.78 is 9.94. The molecule has 32 heavy (non-hydrogen) atoms. The van der Waals surface area contributed by atoms with Crippen LogP contribution in [0.4, 0.5) is 4.79 Å². The fourth-order valence-corrected chi connectivity index (χ4v) is 5.39. The van der Waals surface area contributed by atoms with Gasteiger partial charge in [0.05, 0.1) is 6.42 Å². The van der Waals surface area contributed by atoms with Gasteiger partial charge in [-0.1, -0.05) is 18.9 Å². The van der Waals surface area contributed by atoms with Crippen LogP contribution < -0.4 is 10.1 Å². The van der Waals surface area contributed by atoms with Crippen molar-refractivity contribution in [3.63, 3.8) is 0 Å². The molecule has 0 aromatic heterocycles. The molecule has 4 rings (SSSR count). The van der Waals surface area contributed by atoms with E-state index >= 15 is 0 Å². The van der Waals surface area contributed by atoms with Crippen LogP contribution in [0.15, 0.2) is 18.2 Å². The van der Waals surface area contributed by atoms with Gasteiger partial charge in [-0.3, -0.25) is 4.79 Å². The molecule has 1 unspecified atom stereocenters. The van der Waals surface area contributed by atoms with Gasteiger partial charge in [0, 0.05) is 11.5 Å². The zero-order valence-electron chi connectivity index (χ0n) is 17.7. The molecule has 1 aromatic rings. The molecular formula is C22H29NO9. The van der Waals surface area contributed by atoms with E-state index in [-0.39, 0.29) is 12.2 Å². The normalized spacial score (nSPS) is 26.3. The molecule has 1 aliphatic heterocycles. The van der Waals surface area contributed by atoms with Crippen molar-refractivity contribution in [2.24, 2.45) is 5.92 Å². The van der Waals surface area contributed by atoms with E-state index in [1.54, 1.807) is 0 Å². The number of carboxylic acids is 2. The minimum atomic E-state index is -1.79. The van der Waals surface area contributed by atoms with Crippen LogP contribution >= 0.6 is 0 Å². The second-order valence-corrected chi connectivity index (χ2v) is 8.47. The van der Waals surface area contributed by atoms with Gasteiger partial charge in [0.25, 0.3) is 0 Å². The van der Waals surface area contributed by atoms with Gasteiger partial charge in [0.15, 0.2) is 6.10 Å². The first kappa shape index (κ1) is 23.8. The molecule has 0 spiro atoms. The Hall–Kier alpha value is -2.85. The average molecular weight is 451 g/mol. The summed E-state index contributed by atoms with van der Waals surface area (Å²) in [5.41, 5.74) is 3.15. The lowest BCUT2D eigenvalue weighted by molar-refractivity contribution is -0.152. The maximum Gasteiger partial charge on any atom is 0.508 e. The van der Waals surface area contributed by atoms with Crippen LogP contribution in [0.3, 0.4) is 0 Å². The maximum absolute atomic E-state index is 10.4. The molecule has 0 amide bonds. The van der Waals surface area contributed by atoms with Crippen LogP contribution in [0.1, 0.15) is 49.7 Å². The molecule has 2 fully saturated rings. The number of hydrogen-bond donors (Lipinski definition) is 5. The average Bonchev–Trinajstić information content (AvgIpc) is 2.74. The van der Waals surface area contributed by atoms with Crippen LogP contribution in [-0.2, 0) is 26.2 Å². The third-order valence-corrected chi connectivity index (χ3v) is 6.68. The Morgan fingerprint density at radius 2 is 1.94 bits per heavy atom. The van der Waals surface area contributed by atoms with E-state index in [2.05, 4.69) is 22.2 Å². The lowest BCUT2D eigenvalue weighted by Crippen LogP contribution is -2.59. The van der Waals surface area contributed by atoms with Crippen LogP contribution in [0.5, 0.6) is 5.75 Å². The maximum atomic E-state index is 10.4. The quantitative estimate of drug-likeness (QED) is 0.319. The summed E-state index contributed by atoms with van der Waals surface area (Å²) >= 11 is 0. The highest BCUT2D eigenvalue weighted by Gasteiger charge is 2.51. The van der Waals surface area contributed by atoms with Gasteiger partial charge in [0.2, 0.25) is 6.79 Å². The molecule has 2 bridgehead atoms. The summed E-state index contributed by atoms with van der Waals surface area (Å²) in [5.74, 6) is -1.41. The van der Waals surface area contributed by atoms with Gasteiger partial charge in [-0.2, -0.15) is 0 Å². The Kier molecular flexibility index (Phi) is 7.57. The molecule has 1 aromatic carbocycles. The van der Waals surface area contributed by atoms with Crippen molar-refractivity contribution in [1.29, 1.82) is 0 Å². The van der Waals surface area contributed by atoms with Crippen LogP contribution in [0.25, 0.3) is 0 Å². The van der Waals surface area contributed by atoms with Crippen molar-refractivity contribution in [3.8, 4) is 5.75 Å².